The Morgan fingerprint density at radius 1 is 1.16 bits per heavy atom. The van der Waals surface area contributed by atoms with E-state index < -0.39 is 28.9 Å². The van der Waals surface area contributed by atoms with E-state index in [-0.39, 0.29) is 17.9 Å². The van der Waals surface area contributed by atoms with Crippen LogP contribution in [0.3, 0.4) is 0 Å². The van der Waals surface area contributed by atoms with E-state index in [4.69, 9.17) is 9.15 Å². The molecule has 0 aliphatic carbocycles. The molecule has 0 bridgehead atoms. The van der Waals surface area contributed by atoms with Crippen molar-refractivity contribution < 1.29 is 28.6 Å². The molecule has 8 heteroatoms. The molecule has 2 aliphatic heterocycles. The summed E-state index contributed by atoms with van der Waals surface area (Å²) >= 11 is 0. The van der Waals surface area contributed by atoms with Gasteiger partial charge >= 0.3 is 0 Å². The SMILES string of the molecule is CCCN1C(=O)[C@@]2(C(C(=O)c3ccc(C)o3)=C(O)C(=O)N2CCCOC)c2ccccc21. The molecule has 1 aromatic carbocycles. The molecule has 32 heavy (non-hydrogen) atoms. The van der Waals surface area contributed by atoms with Crippen LogP contribution in [0.4, 0.5) is 5.69 Å². The summed E-state index contributed by atoms with van der Waals surface area (Å²) in [5.41, 5.74) is -0.886. The van der Waals surface area contributed by atoms with Crippen molar-refractivity contribution in [2.45, 2.75) is 32.2 Å². The first kappa shape index (κ1) is 21.8. The minimum absolute atomic E-state index is 0.0332. The predicted octanol–water partition coefficient (Wildman–Crippen LogP) is 3.11. The van der Waals surface area contributed by atoms with Crippen LogP contribution < -0.4 is 4.90 Å². The third kappa shape index (κ3) is 2.97. The predicted molar refractivity (Wildman–Crippen MR) is 116 cm³/mol. The second-order valence-electron chi connectivity index (χ2n) is 7.95. The molecule has 0 saturated carbocycles. The van der Waals surface area contributed by atoms with E-state index in [1.807, 2.05) is 6.92 Å². The van der Waals surface area contributed by atoms with Gasteiger partial charge in [0.25, 0.3) is 11.8 Å². The number of methoxy groups -OCH3 is 1. The highest BCUT2D eigenvalue weighted by molar-refractivity contribution is 6.25. The third-order valence-corrected chi connectivity index (χ3v) is 5.96. The number of nitrogens with zero attached hydrogens (tertiary/aromatic N) is 2. The lowest BCUT2D eigenvalue weighted by atomic mass is 9.81. The average molecular weight is 438 g/mol. The molecule has 1 N–H and O–H groups in total. The van der Waals surface area contributed by atoms with Gasteiger partial charge in [0, 0.05) is 32.4 Å². The molecule has 8 nitrogen and oxygen atoms in total. The summed E-state index contributed by atoms with van der Waals surface area (Å²) in [5.74, 6) is -2.11. The number of anilines is 1. The van der Waals surface area contributed by atoms with Crippen molar-refractivity contribution in [2.24, 2.45) is 0 Å². The second kappa shape index (κ2) is 8.27. The molecule has 2 amide bonds. The van der Waals surface area contributed by atoms with Gasteiger partial charge in [0.1, 0.15) is 5.76 Å². The number of ether oxygens (including phenoxy) is 1. The van der Waals surface area contributed by atoms with Crippen molar-refractivity contribution in [2.75, 3.05) is 31.7 Å². The number of hydrogen-bond donors (Lipinski definition) is 1. The molecule has 0 unspecified atom stereocenters. The summed E-state index contributed by atoms with van der Waals surface area (Å²) in [4.78, 5) is 43.8. The zero-order chi connectivity index (χ0) is 23.0. The number of amides is 2. The van der Waals surface area contributed by atoms with Gasteiger partial charge in [-0.1, -0.05) is 25.1 Å². The Balaban J connectivity index is 1.96. The Labute approximate surface area is 186 Å². The van der Waals surface area contributed by atoms with Crippen LogP contribution in [0, 0.1) is 6.92 Å². The summed E-state index contributed by atoms with van der Waals surface area (Å²) in [6, 6.07) is 10.2. The van der Waals surface area contributed by atoms with Crippen molar-refractivity contribution >= 4 is 23.3 Å². The molecule has 2 aliphatic rings. The first-order chi connectivity index (χ1) is 15.4. The van der Waals surface area contributed by atoms with Gasteiger partial charge < -0.3 is 24.1 Å². The van der Waals surface area contributed by atoms with Gasteiger partial charge in [-0.3, -0.25) is 14.4 Å². The molecular weight excluding hydrogens is 412 g/mol. The Morgan fingerprint density at radius 3 is 2.56 bits per heavy atom. The molecular formula is C24H26N2O6. The molecule has 4 rings (SSSR count). The van der Waals surface area contributed by atoms with Gasteiger partial charge in [-0.25, -0.2) is 0 Å². The fraction of sp³-hybridized carbons (Fsp3) is 0.375. The number of Topliss-reactive ketones (excluding diaryl/α,β-unsaturated/α-hetero) is 1. The summed E-state index contributed by atoms with van der Waals surface area (Å²) in [6.45, 7) is 4.54. The van der Waals surface area contributed by atoms with Crippen LogP contribution in [0.2, 0.25) is 0 Å². The highest BCUT2D eigenvalue weighted by Crippen LogP contribution is 2.53. The highest BCUT2D eigenvalue weighted by Gasteiger charge is 2.65. The van der Waals surface area contributed by atoms with E-state index in [0.717, 1.165) is 0 Å². The number of rotatable bonds is 8. The number of ketones is 1. The Bertz CT molecular complexity index is 1120. The average Bonchev–Trinajstić information content (AvgIpc) is 3.39. The Morgan fingerprint density at radius 2 is 1.91 bits per heavy atom. The van der Waals surface area contributed by atoms with Crippen LogP contribution in [0.25, 0.3) is 0 Å². The van der Waals surface area contributed by atoms with Crippen LogP contribution in [0.5, 0.6) is 0 Å². The molecule has 1 spiro atoms. The third-order valence-electron chi connectivity index (χ3n) is 5.96. The molecule has 0 fully saturated rings. The normalized spacial score (nSPS) is 20.1. The molecule has 168 valence electrons. The lowest BCUT2D eigenvalue weighted by Crippen LogP contribution is -2.54. The highest BCUT2D eigenvalue weighted by atomic mass is 16.5. The molecule has 2 aromatic rings. The minimum atomic E-state index is -1.75. The number of fused-ring (bicyclic) bond motifs is 2. The fourth-order valence-electron chi connectivity index (χ4n) is 4.66. The summed E-state index contributed by atoms with van der Waals surface area (Å²) in [6.07, 6.45) is 1.12. The number of carbonyl (C=O) groups is 3. The quantitative estimate of drug-likeness (QED) is 0.502. The van der Waals surface area contributed by atoms with Crippen LogP contribution >= 0.6 is 0 Å². The van der Waals surface area contributed by atoms with Gasteiger partial charge in [-0.2, -0.15) is 0 Å². The van der Waals surface area contributed by atoms with Crippen molar-refractivity contribution in [1.29, 1.82) is 0 Å². The van der Waals surface area contributed by atoms with Crippen LogP contribution in [0.15, 0.2) is 52.1 Å². The topological polar surface area (TPSA) is 100 Å². The number of carbonyl (C=O) groups excluding carboxylic acids is 3. The van der Waals surface area contributed by atoms with E-state index in [1.54, 1.807) is 49.3 Å². The lowest BCUT2D eigenvalue weighted by molar-refractivity contribution is -0.140. The van der Waals surface area contributed by atoms with Gasteiger partial charge in [0.05, 0.1) is 11.3 Å². The minimum Gasteiger partial charge on any atom is -0.503 e. The van der Waals surface area contributed by atoms with Gasteiger partial charge in [0.15, 0.2) is 17.1 Å². The first-order valence-corrected chi connectivity index (χ1v) is 10.7. The molecule has 1 atom stereocenters. The van der Waals surface area contributed by atoms with Crippen molar-refractivity contribution in [3.8, 4) is 0 Å². The summed E-state index contributed by atoms with van der Waals surface area (Å²) in [7, 11) is 1.55. The first-order valence-electron chi connectivity index (χ1n) is 10.7. The van der Waals surface area contributed by atoms with E-state index in [9.17, 15) is 19.5 Å². The maximum atomic E-state index is 14.0. The van der Waals surface area contributed by atoms with Gasteiger partial charge in [-0.15, -0.1) is 0 Å². The molecule has 1 aromatic heterocycles. The van der Waals surface area contributed by atoms with Crippen LogP contribution in [-0.2, 0) is 19.9 Å². The number of furan rings is 1. The lowest BCUT2D eigenvalue weighted by Gasteiger charge is -2.35. The van der Waals surface area contributed by atoms with E-state index in [2.05, 4.69) is 0 Å². The number of aliphatic hydroxyl groups excluding tert-OH is 1. The molecule has 0 saturated heterocycles. The van der Waals surface area contributed by atoms with Crippen LogP contribution in [0.1, 0.15) is 41.6 Å². The van der Waals surface area contributed by atoms with E-state index in [1.165, 1.54) is 11.0 Å². The molecule has 3 heterocycles. The Kier molecular flexibility index (Phi) is 5.64. The maximum Gasteiger partial charge on any atom is 0.290 e. The Hall–Kier alpha value is -3.39. The van der Waals surface area contributed by atoms with Crippen LogP contribution in [-0.4, -0.2) is 54.4 Å². The van der Waals surface area contributed by atoms with Gasteiger partial charge in [-0.05, 0) is 38.0 Å². The number of para-hydroxylation sites is 1. The maximum absolute atomic E-state index is 14.0. The number of hydrogen-bond acceptors (Lipinski definition) is 6. The number of aliphatic hydroxyl groups is 1. The number of aryl methyl sites for hydroxylation is 1. The van der Waals surface area contributed by atoms with Crippen molar-refractivity contribution in [1.82, 2.24) is 4.90 Å². The largest absolute Gasteiger partial charge is 0.503 e. The van der Waals surface area contributed by atoms with Crippen molar-refractivity contribution in [3.63, 3.8) is 0 Å². The zero-order valence-electron chi connectivity index (χ0n) is 18.4. The van der Waals surface area contributed by atoms with Crippen molar-refractivity contribution in [3.05, 3.63) is 64.8 Å². The second-order valence-corrected chi connectivity index (χ2v) is 7.95. The smallest absolute Gasteiger partial charge is 0.290 e. The van der Waals surface area contributed by atoms with E-state index >= 15 is 0 Å². The number of benzene rings is 1. The van der Waals surface area contributed by atoms with E-state index in [0.29, 0.717) is 43.0 Å². The van der Waals surface area contributed by atoms with Gasteiger partial charge in [0.2, 0.25) is 5.78 Å². The summed E-state index contributed by atoms with van der Waals surface area (Å²) < 4.78 is 10.6. The molecule has 0 radical (unpaired) electrons. The standard InChI is InChI=1S/C24H26N2O6/c1-4-12-25-17-9-6-5-8-16(17)24(23(25)30)19(20(27)18-11-10-15(2)32-18)21(28)22(29)26(24)13-7-14-31-3/h5-6,8-11,28H,4,7,12-14H2,1-3H3/t24-/m0/s1. The summed E-state index contributed by atoms with van der Waals surface area (Å²) in [5, 5.41) is 10.9. The monoisotopic (exact) mass is 438 g/mol. The fourth-order valence-corrected chi connectivity index (χ4v) is 4.66. The zero-order valence-corrected chi connectivity index (χ0v) is 18.4.